The molecule has 2 N–H and O–H groups in total. The van der Waals surface area contributed by atoms with Crippen LogP contribution in [0.1, 0.15) is 12.8 Å². The summed E-state index contributed by atoms with van der Waals surface area (Å²) >= 11 is 5.87. The summed E-state index contributed by atoms with van der Waals surface area (Å²) in [5.41, 5.74) is 0.110. The Hall–Kier alpha value is -1.07. The number of hydrogen-bond acceptors (Lipinski definition) is 4. The summed E-state index contributed by atoms with van der Waals surface area (Å²) in [6.07, 6.45) is 3.79. The molecule has 1 saturated carbocycles. The normalized spacial score (nSPS) is 15.1. The van der Waals surface area contributed by atoms with Gasteiger partial charge in [0.1, 0.15) is 5.69 Å². The Balaban J connectivity index is 2.22. The van der Waals surface area contributed by atoms with Crippen LogP contribution in [0, 0.1) is 5.92 Å². The van der Waals surface area contributed by atoms with Crippen molar-refractivity contribution >= 4 is 17.3 Å². The molecule has 1 fully saturated rings. The lowest BCUT2D eigenvalue weighted by molar-refractivity contribution is 0.311. The van der Waals surface area contributed by atoms with Crippen molar-refractivity contribution in [2.45, 2.75) is 19.4 Å². The van der Waals surface area contributed by atoms with E-state index < -0.39 is 0 Å². The molecule has 16 heavy (non-hydrogen) atoms. The van der Waals surface area contributed by atoms with Gasteiger partial charge in [0, 0.05) is 13.1 Å². The molecule has 0 unspecified atom stereocenters. The van der Waals surface area contributed by atoms with Gasteiger partial charge in [-0.2, -0.15) is 5.10 Å². The van der Waals surface area contributed by atoms with Gasteiger partial charge in [-0.25, -0.2) is 4.68 Å². The predicted molar refractivity (Wildman–Crippen MR) is 61.8 cm³/mol. The first-order valence-corrected chi connectivity index (χ1v) is 5.70. The van der Waals surface area contributed by atoms with Crippen LogP contribution in [0.25, 0.3) is 0 Å². The van der Waals surface area contributed by atoms with Crippen molar-refractivity contribution in [3.05, 3.63) is 21.6 Å². The monoisotopic (exact) mass is 243 g/mol. The molecule has 88 valence electrons. The highest BCUT2D eigenvalue weighted by Gasteiger charge is 2.23. The number of aliphatic hydroxyl groups is 1. The molecule has 1 heterocycles. The van der Waals surface area contributed by atoms with Crippen LogP contribution < -0.4 is 10.9 Å². The highest BCUT2D eigenvalue weighted by atomic mass is 35.5. The average Bonchev–Trinajstić information content (AvgIpc) is 3.06. The van der Waals surface area contributed by atoms with Gasteiger partial charge in [-0.3, -0.25) is 4.79 Å². The van der Waals surface area contributed by atoms with Crippen molar-refractivity contribution in [1.29, 1.82) is 0 Å². The van der Waals surface area contributed by atoms with E-state index >= 15 is 0 Å². The Morgan fingerprint density at radius 2 is 2.38 bits per heavy atom. The molecule has 0 atom stereocenters. The van der Waals surface area contributed by atoms with Crippen LogP contribution in [0.15, 0.2) is 11.0 Å². The quantitative estimate of drug-likeness (QED) is 0.800. The third-order valence-corrected chi connectivity index (χ3v) is 2.83. The number of hydrogen-bond donors (Lipinski definition) is 2. The van der Waals surface area contributed by atoms with Crippen LogP contribution in [-0.2, 0) is 6.54 Å². The molecule has 0 radical (unpaired) electrons. The smallest absolute Gasteiger partial charge is 0.291 e. The van der Waals surface area contributed by atoms with E-state index in [0.29, 0.717) is 29.7 Å². The van der Waals surface area contributed by atoms with E-state index in [4.69, 9.17) is 16.7 Å². The van der Waals surface area contributed by atoms with Crippen LogP contribution in [0.2, 0.25) is 5.02 Å². The van der Waals surface area contributed by atoms with E-state index in [0.717, 1.165) is 12.8 Å². The first kappa shape index (κ1) is 11.4. The minimum absolute atomic E-state index is 0.0410. The van der Waals surface area contributed by atoms with E-state index in [1.54, 1.807) is 0 Å². The van der Waals surface area contributed by atoms with Crippen molar-refractivity contribution in [2.75, 3.05) is 18.5 Å². The van der Waals surface area contributed by atoms with Crippen LogP contribution in [-0.4, -0.2) is 28.0 Å². The Morgan fingerprint density at radius 1 is 1.62 bits per heavy atom. The highest BCUT2D eigenvalue weighted by Crippen LogP contribution is 2.30. The second kappa shape index (κ2) is 4.84. The molecule has 0 bridgehead atoms. The fraction of sp³-hybridized carbons (Fsp3) is 0.600. The first-order valence-electron chi connectivity index (χ1n) is 5.32. The lowest BCUT2D eigenvalue weighted by Gasteiger charge is -2.09. The lowest BCUT2D eigenvalue weighted by atomic mass is 10.4. The van der Waals surface area contributed by atoms with Crippen molar-refractivity contribution in [2.24, 2.45) is 5.92 Å². The van der Waals surface area contributed by atoms with E-state index in [-0.39, 0.29) is 12.2 Å². The van der Waals surface area contributed by atoms with Gasteiger partial charge in [-0.1, -0.05) is 11.6 Å². The van der Waals surface area contributed by atoms with E-state index in [1.807, 2.05) is 0 Å². The van der Waals surface area contributed by atoms with E-state index in [1.165, 1.54) is 10.9 Å². The zero-order chi connectivity index (χ0) is 11.5. The molecule has 2 rings (SSSR count). The number of aromatic nitrogens is 2. The lowest BCUT2D eigenvalue weighted by Crippen LogP contribution is -2.27. The van der Waals surface area contributed by atoms with Crippen LogP contribution >= 0.6 is 11.6 Å². The molecule has 6 heteroatoms. The molecule has 1 aliphatic rings. The molecular weight excluding hydrogens is 230 g/mol. The number of nitrogens with one attached hydrogen (secondary N) is 1. The predicted octanol–water partition coefficient (Wildman–Crippen LogP) is 0.711. The SMILES string of the molecule is O=c1c(NCCO)c(Cl)cnn1CC1CC1. The zero-order valence-electron chi connectivity index (χ0n) is 8.82. The topological polar surface area (TPSA) is 67.2 Å². The third-order valence-electron chi connectivity index (χ3n) is 2.54. The molecule has 0 saturated heterocycles. The number of rotatable bonds is 5. The van der Waals surface area contributed by atoms with Crippen LogP contribution in [0.3, 0.4) is 0 Å². The Labute approximate surface area is 98.0 Å². The summed E-state index contributed by atoms with van der Waals surface area (Å²) in [4.78, 5) is 11.9. The minimum atomic E-state index is -0.215. The molecular formula is C10H14ClN3O2. The Kier molecular flexibility index (Phi) is 3.46. The summed E-state index contributed by atoms with van der Waals surface area (Å²) in [6.45, 7) is 0.924. The van der Waals surface area contributed by atoms with Crippen molar-refractivity contribution in [1.82, 2.24) is 9.78 Å². The largest absolute Gasteiger partial charge is 0.395 e. The standard InChI is InChI=1S/C10H14ClN3O2/c11-8-5-13-14(6-7-1-2-7)10(16)9(8)12-3-4-15/h5,7,12,15H,1-4,6H2. The summed E-state index contributed by atoms with van der Waals surface area (Å²) in [6, 6.07) is 0. The van der Waals surface area contributed by atoms with Crippen molar-refractivity contribution < 1.29 is 5.11 Å². The van der Waals surface area contributed by atoms with E-state index in [9.17, 15) is 4.79 Å². The molecule has 1 aliphatic carbocycles. The maximum Gasteiger partial charge on any atom is 0.291 e. The summed E-state index contributed by atoms with van der Waals surface area (Å²) < 4.78 is 1.43. The zero-order valence-corrected chi connectivity index (χ0v) is 9.57. The number of halogens is 1. The minimum Gasteiger partial charge on any atom is -0.395 e. The number of aliphatic hydroxyl groups excluding tert-OH is 1. The van der Waals surface area contributed by atoms with Gasteiger partial charge in [0.15, 0.2) is 0 Å². The first-order chi connectivity index (χ1) is 7.72. The Bertz CT molecular complexity index is 429. The van der Waals surface area contributed by atoms with Crippen LogP contribution in [0.4, 0.5) is 5.69 Å². The molecule has 1 aromatic rings. The molecule has 0 aliphatic heterocycles. The van der Waals surface area contributed by atoms with Gasteiger partial charge in [0.2, 0.25) is 0 Å². The average molecular weight is 244 g/mol. The van der Waals surface area contributed by atoms with Gasteiger partial charge >= 0.3 is 0 Å². The maximum atomic E-state index is 11.9. The van der Waals surface area contributed by atoms with Crippen molar-refractivity contribution in [3.63, 3.8) is 0 Å². The number of nitrogens with zero attached hydrogens (tertiary/aromatic N) is 2. The van der Waals surface area contributed by atoms with Gasteiger partial charge < -0.3 is 10.4 Å². The molecule has 0 amide bonds. The van der Waals surface area contributed by atoms with Gasteiger partial charge in [0.05, 0.1) is 17.8 Å². The second-order valence-electron chi connectivity index (χ2n) is 3.95. The second-order valence-corrected chi connectivity index (χ2v) is 4.36. The summed E-state index contributed by atoms with van der Waals surface area (Å²) in [5, 5.41) is 15.8. The number of anilines is 1. The Morgan fingerprint density at radius 3 is 3.00 bits per heavy atom. The molecule has 0 spiro atoms. The molecule has 1 aromatic heterocycles. The van der Waals surface area contributed by atoms with Crippen molar-refractivity contribution in [3.8, 4) is 0 Å². The van der Waals surface area contributed by atoms with E-state index in [2.05, 4.69) is 10.4 Å². The fourth-order valence-corrected chi connectivity index (χ4v) is 1.68. The highest BCUT2D eigenvalue weighted by molar-refractivity contribution is 6.32. The molecule has 5 nitrogen and oxygen atoms in total. The van der Waals surface area contributed by atoms with Gasteiger partial charge in [-0.05, 0) is 18.8 Å². The summed E-state index contributed by atoms with van der Waals surface area (Å²) in [5.74, 6) is 0.581. The third kappa shape index (κ3) is 2.54. The van der Waals surface area contributed by atoms with Crippen LogP contribution in [0.5, 0.6) is 0 Å². The maximum absolute atomic E-state index is 11.9. The fourth-order valence-electron chi connectivity index (χ4n) is 1.48. The molecule has 0 aromatic carbocycles. The summed E-state index contributed by atoms with van der Waals surface area (Å²) in [7, 11) is 0. The van der Waals surface area contributed by atoms with Gasteiger partial charge in [-0.15, -0.1) is 0 Å². The van der Waals surface area contributed by atoms with Gasteiger partial charge in [0.25, 0.3) is 5.56 Å².